The van der Waals surface area contributed by atoms with E-state index in [2.05, 4.69) is 34.7 Å². The Morgan fingerprint density at radius 3 is 2.81 bits per heavy atom. The molecule has 0 unspecified atom stereocenters. The molecule has 92 valence electrons. The standard InChI is InChI=1S/C10H21N5S/c1-9(2)5-7-11-6-4-8-16-10-12-13-14-15(10)3/h9,11H,4-8H2,1-3H3. The van der Waals surface area contributed by atoms with Gasteiger partial charge in [-0.3, -0.25) is 0 Å². The molecule has 0 aromatic carbocycles. The molecule has 1 rings (SSSR count). The van der Waals surface area contributed by atoms with Crippen LogP contribution in [0, 0.1) is 5.92 Å². The highest BCUT2D eigenvalue weighted by Crippen LogP contribution is 2.12. The lowest BCUT2D eigenvalue weighted by Gasteiger charge is -2.06. The fraction of sp³-hybridized carbons (Fsp3) is 0.900. The third-order valence-electron chi connectivity index (χ3n) is 2.21. The zero-order valence-electron chi connectivity index (χ0n) is 10.3. The zero-order valence-corrected chi connectivity index (χ0v) is 11.1. The van der Waals surface area contributed by atoms with Gasteiger partial charge in [-0.15, -0.1) is 5.10 Å². The lowest BCUT2D eigenvalue weighted by molar-refractivity contribution is 0.537. The first-order valence-electron chi connectivity index (χ1n) is 5.76. The normalized spacial score (nSPS) is 11.2. The second-order valence-electron chi connectivity index (χ2n) is 4.22. The summed E-state index contributed by atoms with van der Waals surface area (Å²) >= 11 is 1.70. The number of aromatic nitrogens is 4. The van der Waals surface area contributed by atoms with Gasteiger partial charge >= 0.3 is 0 Å². The summed E-state index contributed by atoms with van der Waals surface area (Å²) in [6, 6.07) is 0. The van der Waals surface area contributed by atoms with E-state index in [0.717, 1.165) is 36.3 Å². The zero-order chi connectivity index (χ0) is 11.8. The molecule has 0 aliphatic heterocycles. The smallest absolute Gasteiger partial charge is 0.209 e. The predicted octanol–water partition coefficient (Wildman–Crippen LogP) is 1.33. The van der Waals surface area contributed by atoms with Crippen molar-refractivity contribution in [2.45, 2.75) is 31.8 Å². The minimum absolute atomic E-state index is 0.784. The quantitative estimate of drug-likeness (QED) is 0.551. The van der Waals surface area contributed by atoms with Gasteiger partial charge in [0, 0.05) is 12.8 Å². The Morgan fingerprint density at radius 1 is 1.38 bits per heavy atom. The molecule has 0 bridgehead atoms. The number of hydrogen-bond donors (Lipinski definition) is 1. The maximum atomic E-state index is 3.92. The van der Waals surface area contributed by atoms with Crippen LogP contribution in [0.2, 0.25) is 0 Å². The minimum atomic E-state index is 0.784. The third-order valence-corrected chi connectivity index (χ3v) is 3.31. The molecular formula is C10H21N5S. The Kier molecular flexibility index (Phi) is 6.40. The van der Waals surface area contributed by atoms with Crippen LogP contribution in [-0.4, -0.2) is 39.0 Å². The number of rotatable bonds is 8. The van der Waals surface area contributed by atoms with Crippen LogP contribution in [0.5, 0.6) is 0 Å². The molecule has 0 fully saturated rings. The Hall–Kier alpha value is -0.620. The number of nitrogens with one attached hydrogen (secondary N) is 1. The molecule has 5 nitrogen and oxygen atoms in total. The Bertz CT molecular complexity index is 286. The summed E-state index contributed by atoms with van der Waals surface area (Å²) in [6.45, 7) is 6.69. The highest BCUT2D eigenvalue weighted by molar-refractivity contribution is 7.99. The first-order valence-corrected chi connectivity index (χ1v) is 6.74. The first-order chi connectivity index (χ1) is 7.70. The lowest BCUT2D eigenvalue weighted by Crippen LogP contribution is -2.18. The summed E-state index contributed by atoms with van der Waals surface area (Å²) in [5, 5.41) is 15.6. The lowest BCUT2D eigenvalue weighted by atomic mass is 10.1. The number of tetrazole rings is 1. The van der Waals surface area contributed by atoms with E-state index in [1.165, 1.54) is 6.42 Å². The summed E-state index contributed by atoms with van der Waals surface area (Å²) in [5.41, 5.74) is 0. The minimum Gasteiger partial charge on any atom is -0.317 e. The van der Waals surface area contributed by atoms with Crippen LogP contribution in [0.15, 0.2) is 5.16 Å². The van der Waals surface area contributed by atoms with Gasteiger partial charge in [0.1, 0.15) is 0 Å². The van der Waals surface area contributed by atoms with Crippen molar-refractivity contribution >= 4 is 11.8 Å². The molecule has 6 heteroatoms. The van der Waals surface area contributed by atoms with E-state index in [9.17, 15) is 0 Å². The van der Waals surface area contributed by atoms with Gasteiger partial charge in [0.2, 0.25) is 5.16 Å². The molecule has 16 heavy (non-hydrogen) atoms. The van der Waals surface area contributed by atoms with Crippen LogP contribution in [0.3, 0.4) is 0 Å². The van der Waals surface area contributed by atoms with Crippen molar-refractivity contribution in [1.82, 2.24) is 25.5 Å². The molecule has 1 heterocycles. The van der Waals surface area contributed by atoms with Gasteiger partial charge in [0.15, 0.2) is 0 Å². The molecule has 0 amide bonds. The van der Waals surface area contributed by atoms with E-state index in [1.807, 2.05) is 7.05 Å². The number of nitrogens with zero attached hydrogens (tertiary/aromatic N) is 4. The van der Waals surface area contributed by atoms with Gasteiger partial charge in [0.05, 0.1) is 0 Å². The molecule has 1 aromatic heterocycles. The fourth-order valence-corrected chi connectivity index (χ4v) is 2.01. The van der Waals surface area contributed by atoms with Gasteiger partial charge in [-0.25, -0.2) is 4.68 Å². The maximum absolute atomic E-state index is 3.92. The van der Waals surface area contributed by atoms with E-state index in [-0.39, 0.29) is 0 Å². The predicted molar refractivity (Wildman–Crippen MR) is 66.5 cm³/mol. The van der Waals surface area contributed by atoms with Crippen molar-refractivity contribution < 1.29 is 0 Å². The number of aryl methyl sites for hydroxylation is 1. The van der Waals surface area contributed by atoms with E-state index in [1.54, 1.807) is 16.4 Å². The summed E-state index contributed by atoms with van der Waals surface area (Å²) in [5.74, 6) is 1.84. The van der Waals surface area contributed by atoms with Gasteiger partial charge in [0.25, 0.3) is 0 Å². The number of thioether (sulfide) groups is 1. The monoisotopic (exact) mass is 243 g/mol. The van der Waals surface area contributed by atoms with Crippen molar-refractivity contribution in [3.63, 3.8) is 0 Å². The summed E-state index contributed by atoms with van der Waals surface area (Å²) in [7, 11) is 1.86. The highest BCUT2D eigenvalue weighted by atomic mass is 32.2. The molecule has 1 N–H and O–H groups in total. The molecule has 0 saturated carbocycles. The second kappa shape index (κ2) is 7.62. The van der Waals surface area contributed by atoms with Gasteiger partial charge < -0.3 is 5.32 Å². The summed E-state index contributed by atoms with van der Waals surface area (Å²) in [6.07, 6.45) is 2.40. The van der Waals surface area contributed by atoms with Crippen LogP contribution in [0.25, 0.3) is 0 Å². The fourth-order valence-electron chi connectivity index (χ4n) is 1.22. The van der Waals surface area contributed by atoms with Crippen molar-refractivity contribution in [2.24, 2.45) is 13.0 Å². The average molecular weight is 243 g/mol. The molecule has 1 aromatic rings. The molecule has 0 spiro atoms. The maximum Gasteiger partial charge on any atom is 0.209 e. The van der Waals surface area contributed by atoms with Gasteiger partial charge in [-0.05, 0) is 42.3 Å². The van der Waals surface area contributed by atoms with Crippen molar-refractivity contribution in [1.29, 1.82) is 0 Å². The van der Waals surface area contributed by atoms with E-state index < -0.39 is 0 Å². The Labute approximate surface area is 101 Å². The van der Waals surface area contributed by atoms with E-state index >= 15 is 0 Å². The molecule has 0 saturated heterocycles. The highest BCUT2D eigenvalue weighted by Gasteiger charge is 2.01. The van der Waals surface area contributed by atoms with Crippen molar-refractivity contribution in [3.8, 4) is 0 Å². The van der Waals surface area contributed by atoms with E-state index in [0.29, 0.717) is 0 Å². The first kappa shape index (κ1) is 13.4. The van der Waals surface area contributed by atoms with Crippen LogP contribution in [0.1, 0.15) is 26.7 Å². The largest absolute Gasteiger partial charge is 0.317 e. The van der Waals surface area contributed by atoms with Crippen LogP contribution in [0.4, 0.5) is 0 Å². The molecule has 0 radical (unpaired) electrons. The van der Waals surface area contributed by atoms with Crippen LogP contribution >= 0.6 is 11.8 Å². The van der Waals surface area contributed by atoms with E-state index in [4.69, 9.17) is 0 Å². The molecule has 0 aliphatic carbocycles. The topological polar surface area (TPSA) is 55.6 Å². The van der Waals surface area contributed by atoms with Crippen molar-refractivity contribution in [2.75, 3.05) is 18.8 Å². The Balaban J connectivity index is 1.94. The second-order valence-corrected chi connectivity index (χ2v) is 5.28. The van der Waals surface area contributed by atoms with Gasteiger partial charge in [-0.2, -0.15) is 0 Å². The average Bonchev–Trinajstić information content (AvgIpc) is 2.62. The summed E-state index contributed by atoms with van der Waals surface area (Å²) in [4.78, 5) is 0. The molecule has 0 atom stereocenters. The molecule has 0 aliphatic rings. The molecular weight excluding hydrogens is 222 g/mol. The SMILES string of the molecule is CC(C)CCNCCCSc1nnnn1C. The van der Waals surface area contributed by atoms with Gasteiger partial charge in [-0.1, -0.05) is 25.6 Å². The summed E-state index contributed by atoms with van der Waals surface area (Å²) < 4.78 is 1.71. The van der Waals surface area contributed by atoms with Crippen LogP contribution in [-0.2, 0) is 7.05 Å². The third kappa shape index (κ3) is 5.46. The number of hydrogen-bond acceptors (Lipinski definition) is 5. The van der Waals surface area contributed by atoms with Crippen molar-refractivity contribution in [3.05, 3.63) is 0 Å². The Morgan fingerprint density at radius 2 is 2.19 bits per heavy atom. The van der Waals surface area contributed by atoms with Crippen LogP contribution < -0.4 is 5.32 Å².